The number of benzene rings is 3. The van der Waals surface area contributed by atoms with Crippen molar-refractivity contribution in [1.82, 2.24) is 10.0 Å². The molecule has 12 heteroatoms. The monoisotopic (exact) mass is 690 g/mol. The van der Waals surface area contributed by atoms with Crippen LogP contribution in [0.25, 0.3) is 6.08 Å². The number of hydrogen-bond donors (Lipinski definition) is 0. The second-order valence-electron chi connectivity index (χ2n) is 11.1. The van der Waals surface area contributed by atoms with Gasteiger partial charge in [-0.3, -0.25) is 19.4 Å². The molecule has 3 heterocycles. The van der Waals surface area contributed by atoms with Crippen LogP contribution in [0.3, 0.4) is 0 Å². The van der Waals surface area contributed by atoms with E-state index in [2.05, 4.69) is 32.3 Å². The quantitative estimate of drug-likeness (QED) is 0.273. The Kier molecular flexibility index (Phi) is 7.60. The Morgan fingerprint density at radius 3 is 2.41 bits per heavy atom. The van der Waals surface area contributed by atoms with Gasteiger partial charge in [0, 0.05) is 20.4 Å². The second kappa shape index (κ2) is 11.6. The van der Waals surface area contributed by atoms with Crippen LogP contribution in [0.5, 0.6) is 0 Å². The van der Waals surface area contributed by atoms with E-state index in [1.807, 2.05) is 54.6 Å². The van der Waals surface area contributed by atoms with Gasteiger partial charge < -0.3 is 0 Å². The highest BCUT2D eigenvalue weighted by atomic mass is 79.9. The van der Waals surface area contributed by atoms with E-state index < -0.39 is 23.9 Å². The van der Waals surface area contributed by atoms with E-state index in [1.165, 1.54) is 10.0 Å². The molecule has 3 aromatic carbocycles. The number of imide groups is 1. The molecular weight excluding hydrogens is 667 g/mol. The third-order valence-corrected chi connectivity index (χ3v) is 9.40. The van der Waals surface area contributed by atoms with Gasteiger partial charge in [-0.05, 0) is 84.5 Å². The van der Waals surface area contributed by atoms with Crippen molar-refractivity contribution >= 4 is 74.3 Å². The number of nitrogens with zero attached hydrogens (tertiary/aromatic N) is 6. The summed E-state index contributed by atoms with van der Waals surface area (Å²) in [6, 6.07) is 19.6. The fraction of sp³-hybridized carbons (Fsp3) is 0.250. The molecule has 0 N–H and O–H groups in total. The smallest absolute Gasteiger partial charge is 0.264 e. The van der Waals surface area contributed by atoms with Crippen molar-refractivity contribution < 1.29 is 14.4 Å². The number of hydrazone groups is 1. The van der Waals surface area contributed by atoms with Gasteiger partial charge in [0.2, 0.25) is 0 Å². The van der Waals surface area contributed by atoms with Gasteiger partial charge in [-0.2, -0.15) is 10.2 Å². The van der Waals surface area contributed by atoms with Crippen LogP contribution in [-0.4, -0.2) is 52.1 Å². The molecule has 3 amide bonds. The predicted octanol–water partition coefficient (Wildman–Crippen LogP) is 6.87. The van der Waals surface area contributed by atoms with Gasteiger partial charge >= 0.3 is 0 Å². The van der Waals surface area contributed by atoms with Crippen LogP contribution < -0.4 is 4.90 Å². The third kappa shape index (κ3) is 5.14. The number of amides is 3. The van der Waals surface area contributed by atoms with Crippen LogP contribution in [0, 0.1) is 5.92 Å². The molecule has 0 radical (unpaired) electrons. The van der Waals surface area contributed by atoms with Gasteiger partial charge in [0.05, 0.1) is 17.4 Å². The molecule has 0 spiro atoms. The zero-order chi connectivity index (χ0) is 30.5. The SMILES string of the molecule is O=C1[C@H]2N=NN(CC(=O)N3N=C4/C(=C/c5ccc(Cl)cc5)CCC[C@H]4[C@H]3c3ccc(Cl)cc3)[C@H]2C(=O)N1c1cccc(Br)c1. The van der Waals surface area contributed by atoms with Crippen molar-refractivity contribution in [2.45, 2.75) is 37.4 Å². The van der Waals surface area contributed by atoms with Crippen LogP contribution in [0.2, 0.25) is 10.0 Å². The van der Waals surface area contributed by atoms with Crippen molar-refractivity contribution in [1.29, 1.82) is 0 Å². The standard InChI is InChI=1S/C32H25BrCl2N6O3/c33-21-4-2-5-24(16-21)40-31(43)28-30(32(40)44)39(38-36-28)17-26(42)41-29(19-9-13-23(35)14-10-19)25-6-1-3-20(27(25)37-41)15-18-7-11-22(34)12-8-18/h2,4-5,7-16,25,28-30H,1,3,6,17H2/b20-15+/t25-,28+,29-,30-/m1/s1. The van der Waals surface area contributed by atoms with E-state index in [0.29, 0.717) is 15.7 Å². The summed E-state index contributed by atoms with van der Waals surface area (Å²) in [5.41, 5.74) is 4.29. The van der Waals surface area contributed by atoms with Crippen LogP contribution in [0.15, 0.2) is 98.3 Å². The zero-order valence-electron chi connectivity index (χ0n) is 23.2. The molecule has 44 heavy (non-hydrogen) atoms. The number of rotatable bonds is 5. The Balaban J connectivity index is 1.19. The summed E-state index contributed by atoms with van der Waals surface area (Å²) >= 11 is 15.7. The van der Waals surface area contributed by atoms with E-state index in [-0.39, 0.29) is 24.4 Å². The molecule has 0 unspecified atom stereocenters. The number of carbonyl (C=O) groups is 3. The molecular formula is C32H25BrCl2N6O3. The summed E-state index contributed by atoms with van der Waals surface area (Å²) in [4.78, 5) is 41.9. The number of fused-ring (bicyclic) bond motifs is 2. The summed E-state index contributed by atoms with van der Waals surface area (Å²) in [7, 11) is 0. The maximum Gasteiger partial charge on any atom is 0.264 e. The van der Waals surface area contributed by atoms with E-state index >= 15 is 0 Å². The Hall–Kier alpha value is -3.86. The molecule has 9 nitrogen and oxygen atoms in total. The van der Waals surface area contributed by atoms with Crippen LogP contribution in [0.1, 0.15) is 36.4 Å². The lowest BCUT2D eigenvalue weighted by Gasteiger charge is -2.30. The minimum absolute atomic E-state index is 0.0258. The van der Waals surface area contributed by atoms with E-state index in [4.69, 9.17) is 28.3 Å². The molecule has 4 aliphatic rings. The highest BCUT2D eigenvalue weighted by molar-refractivity contribution is 9.10. The Bertz CT molecular complexity index is 1760. The summed E-state index contributed by atoms with van der Waals surface area (Å²) < 4.78 is 0.730. The molecule has 0 bridgehead atoms. The van der Waals surface area contributed by atoms with Gasteiger partial charge in [-0.25, -0.2) is 9.91 Å². The molecule has 3 aliphatic heterocycles. The highest BCUT2D eigenvalue weighted by Crippen LogP contribution is 2.45. The molecule has 1 saturated carbocycles. The zero-order valence-corrected chi connectivity index (χ0v) is 26.3. The van der Waals surface area contributed by atoms with Gasteiger partial charge in [0.1, 0.15) is 6.54 Å². The Labute approximate surface area is 271 Å². The lowest BCUT2D eigenvalue weighted by Crippen LogP contribution is -2.45. The fourth-order valence-electron chi connectivity index (χ4n) is 6.40. The highest BCUT2D eigenvalue weighted by Gasteiger charge is 2.55. The van der Waals surface area contributed by atoms with Gasteiger partial charge in [-0.15, -0.1) is 0 Å². The molecule has 3 aromatic rings. The summed E-state index contributed by atoms with van der Waals surface area (Å²) in [5, 5.41) is 17.2. The molecule has 7 rings (SSSR count). The van der Waals surface area contributed by atoms with E-state index in [9.17, 15) is 14.4 Å². The summed E-state index contributed by atoms with van der Waals surface area (Å²) in [6.07, 6.45) is 4.74. The number of carbonyl (C=O) groups excluding carboxylic acids is 3. The third-order valence-electron chi connectivity index (χ3n) is 8.40. The molecule has 4 atom stereocenters. The minimum atomic E-state index is -1.01. The predicted molar refractivity (Wildman–Crippen MR) is 171 cm³/mol. The number of halogens is 3. The maximum absolute atomic E-state index is 14.1. The van der Waals surface area contributed by atoms with Crippen molar-refractivity contribution in [2.24, 2.45) is 21.4 Å². The first-order valence-corrected chi connectivity index (χ1v) is 15.8. The van der Waals surface area contributed by atoms with Crippen LogP contribution in [0.4, 0.5) is 5.69 Å². The molecule has 2 fully saturated rings. The van der Waals surface area contributed by atoms with Crippen molar-refractivity contribution in [3.63, 3.8) is 0 Å². The molecule has 1 saturated heterocycles. The first-order chi connectivity index (χ1) is 21.3. The average molecular weight is 692 g/mol. The van der Waals surface area contributed by atoms with Gasteiger partial charge in [0.15, 0.2) is 12.1 Å². The van der Waals surface area contributed by atoms with Crippen molar-refractivity contribution in [3.8, 4) is 0 Å². The maximum atomic E-state index is 14.1. The lowest BCUT2D eigenvalue weighted by atomic mass is 9.77. The molecule has 0 aromatic heterocycles. The Morgan fingerprint density at radius 2 is 1.68 bits per heavy atom. The topological polar surface area (TPSA) is 98.0 Å². The van der Waals surface area contributed by atoms with Gasteiger partial charge in [-0.1, -0.05) is 74.7 Å². The van der Waals surface area contributed by atoms with Crippen molar-refractivity contribution in [2.75, 3.05) is 11.4 Å². The lowest BCUT2D eigenvalue weighted by molar-refractivity contribution is -0.136. The normalized spacial score (nSPS) is 25.1. The largest absolute Gasteiger partial charge is 0.271 e. The first kappa shape index (κ1) is 28.9. The average Bonchev–Trinajstić information content (AvgIpc) is 3.68. The molecule has 1 aliphatic carbocycles. The molecule has 222 valence electrons. The second-order valence-corrected chi connectivity index (χ2v) is 12.9. The fourth-order valence-corrected chi connectivity index (χ4v) is 7.03. The summed E-state index contributed by atoms with van der Waals surface area (Å²) in [5.74, 6) is -1.32. The van der Waals surface area contributed by atoms with E-state index in [1.54, 1.807) is 18.2 Å². The van der Waals surface area contributed by atoms with Crippen molar-refractivity contribution in [3.05, 3.63) is 104 Å². The first-order valence-electron chi connectivity index (χ1n) is 14.2. The number of allylic oxidation sites excluding steroid dienone is 1. The van der Waals surface area contributed by atoms with Gasteiger partial charge in [0.25, 0.3) is 17.7 Å². The Morgan fingerprint density at radius 1 is 0.955 bits per heavy atom. The minimum Gasteiger partial charge on any atom is -0.271 e. The van der Waals surface area contributed by atoms with Crippen LogP contribution in [-0.2, 0) is 14.4 Å². The number of anilines is 1. The summed E-state index contributed by atoms with van der Waals surface area (Å²) in [6.45, 7) is -0.264. The van der Waals surface area contributed by atoms with Crippen LogP contribution >= 0.6 is 39.1 Å². The number of hydrogen-bond acceptors (Lipinski definition) is 7. The van der Waals surface area contributed by atoms with E-state index in [0.717, 1.165) is 51.0 Å².